The number of aliphatic hydroxyl groups excluding tert-OH is 1. The summed E-state index contributed by atoms with van der Waals surface area (Å²) in [6, 6.07) is 22.5. The Hall–Kier alpha value is -2.14. The summed E-state index contributed by atoms with van der Waals surface area (Å²) in [4.78, 5) is 29.7. The average Bonchev–Trinajstić information content (AvgIpc) is 2.90. The van der Waals surface area contributed by atoms with Crippen LogP contribution >= 0.6 is 39.3 Å². The summed E-state index contributed by atoms with van der Waals surface area (Å²) in [7, 11) is -2.62. The lowest BCUT2D eigenvalue weighted by atomic mass is 10.2. The Morgan fingerprint density at radius 1 is 1.03 bits per heavy atom. The lowest BCUT2D eigenvalue weighted by Gasteiger charge is -2.43. The Labute approximate surface area is 246 Å². The molecular formula is C29H32BrClN2O4SSi. The Morgan fingerprint density at radius 3 is 2.18 bits per heavy atom. The number of rotatable bonds is 10. The van der Waals surface area contributed by atoms with Crippen LogP contribution in [0.4, 0.5) is 0 Å². The van der Waals surface area contributed by atoms with Crippen molar-refractivity contribution in [1.82, 2.24) is 9.97 Å². The molecule has 10 heteroatoms. The molecule has 1 atom stereocenters. The fraction of sp³-hybridized carbons (Fsp3) is 0.310. The van der Waals surface area contributed by atoms with Crippen LogP contribution in [0.5, 0.6) is 0 Å². The van der Waals surface area contributed by atoms with Gasteiger partial charge >= 0.3 is 5.69 Å². The molecule has 6 nitrogen and oxygen atoms in total. The molecule has 1 heterocycles. The molecule has 0 saturated heterocycles. The van der Waals surface area contributed by atoms with Gasteiger partial charge in [0.25, 0.3) is 13.9 Å². The first kappa shape index (κ1) is 29.8. The monoisotopic (exact) mass is 646 g/mol. The maximum Gasteiger partial charge on any atom is 0.326 e. The van der Waals surface area contributed by atoms with Gasteiger partial charge in [-0.05, 0) is 50.2 Å². The van der Waals surface area contributed by atoms with Crippen LogP contribution in [0.15, 0.2) is 85.7 Å². The van der Waals surface area contributed by atoms with Crippen LogP contribution in [0.25, 0.3) is 10.9 Å². The van der Waals surface area contributed by atoms with Crippen molar-refractivity contribution in [3.63, 3.8) is 0 Å². The van der Waals surface area contributed by atoms with Crippen LogP contribution in [-0.4, -0.2) is 41.9 Å². The highest BCUT2D eigenvalue weighted by Gasteiger charge is 2.49. The average molecular weight is 648 g/mol. The highest BCUT2D eigenvalue weighted by molar-refractivity contribution is 9.10. The van der Waals surface area contributed by atoms with Gasteiger partial charge in [0.2, 0.25) is 0 Å². The fourth-order valence-corrected chi connectivity index (χ4v) is 11.5. The number of nitrogens with one attached hydrogen (secondary N) is 2. The molecule has 0 amide bonds. The summed E-state index contributed by atoms with van der Waals surface area (Å²) in [5.74, 6) is 0.363. The molecule has 0 bridgehead atoms. The second-order valence-electron chi connectivity index (χ2n) is 10.5. The van der Waals surface area contributed by atoms with Crippen LogP contribution < -0.4 is 21.6 Å². The first-order valence-electron chi connectivity index (χ1n) is 12.7. The van der Waals surface area contributed by atoms with E-state index in [1.54, 1.807) is 0 Å². The molecule has 3 aromatic carbocycles. The number of halogens is 2. The van der Waals surface area contributed by atoms with Crippen molar-refractivity contribution in [2.24, 2.45) is 0 Å². The quantitative estimate of drug-likeness (QED) is 0.121. The van der Waals surface area contributed by atoms with Crippen molar-refractivity contribution in [3.8, 4) is 0 Å². The fourth-order valence-electron chi connectivity index (χ4n) is 4.93. The Kier molecular flexibility index (Phi) is 9.62. The first-order valence-corrected chi connectivity index (χ1v) is 16.8. The third-order valence-corrected chi connectivity index (χ3v) is 14.6. The number of hydrogen-bond acceptors (Lipinski definition) is 5. The van der Waals surface area contributed by atoms with E-state index in [-0.39, 0.29) is 5.04 Å². The molecule has 39 heavy (non-hydrogen) atoms. The maximum absolute atomic E-state index is 12.3. The standard InChI is InChI=1S/C29H32BrClN2O4SSi/c1-29(2,3)39(20-12-6-4-7-13-20,21-14-8-5-9-15-21)37-16-10-11-19(34)18-38-26-24(30)23(31)17-22-25(26)32-28(36)33-27(22)35/h4-9,12-15,17,19,34H,10-11,16,18H2,1-3H3,(H2,32,33,35,36). The van der Waals surface area contributed by atoms with Crippen molar-refractivity contribution in [1.29, 1.82) is 0 Å². The zero-order valence-electron chi connectivity index (χ0n) is 22.1. The van der Waals surface area contributed by atoms with Gasteiger partial charge in [-0.2, -0.15) is 0 Å². The molecule has 0 saturated carbocycles. The van der Waals surface area contributed by atoms with Crippen molar-refractivity contribution in [2.45, 2.75) is 49.7 Å². The minimum atomic E-state index is -2.62. The number of aromatic amines is 2. The van der Waals surface area contributed by atoms with E-state index >= 15 is 0 Å². The lowest BCUT2D eigenvalue weighted by molar-refractivity contribution is 0.173. The van der Waals surface area contributed by atoms with Gasteiger partial charge in [-0.3, -0.25) is 9.78 Å². The Balaban J connectivity index is 1.47. The molecule has 1 unspecified atom stereocenters. The molecule has 1 aromatic heterocycles. The SMILES string of the molecule is CC(C)(C)[Si](OCCCC(O)CSc1c(Br)c(Cl)cc2c(=O)[nH]c(=O)[nH]c12)(c1ccccc1)c1ccccc1. The molecule has 0 aliphatic carbocycles. The number of aromatic nitrogens is 2. The topological polar surface area (TPSA) is 95.2 Å². The van der Waals surface area contributed by atoms with E-state index < -0.39 is 25.7 Å². The van der Waals surface area contributed by atoms with Gasteiger partial charge in [0, 0.05) is 17.3 Å². The minimum absolute atomic E-state index is 0.112. The zero-order valence-corrected chi connectivity index (χ0v) is 26.3. The molecule has 4 aromatic rings. The molecule has 4 rings (SSSR count). The van der Waals surface area contributed by atoms with Crippen LogP contribution in [0.2, 0.25) is 10.1 Å². The number of benzene rings is 3. The number of hydrogen-bond donors (Lipinski definition) is 3. The molecule has 0 radical (unpaired) electrons. The van der Waals surface area contributed by atoms with Gasteiger partial charge in [-0.25, -0.2) is 4.79 Å². The van der Waals surface area contributed by atoms with Gasteiger partial charge in [0.1, 0.15) is 0 Å². The maximum atomic E-state index is 12.3. The van der Waals surface area contributed by atoms with E-state index in [1.807, 2.05) is 12.1 Å². The molecule has 0 aliphatic heterocycles. The lowest BCUT2D eigenvalue weighted by Crippen LogP contribution is -2.66. The van der Waals surface area contributed by atoms with Crippen molar-refractivity contribution in [3.05, 3.63) is 97.1 Å². The predicted octanol–water partition coefficient (Wildman–Crippen LogP) is 5.44. The Bertz CT molecular complexity index is 1500. The van der Waals surface area contributed by atoms with E-state index in [1.165, 1.54) is 28.2 Å². The van der Waals surface area contributed by atoms with Crippen LogP contribution in [0.3, 0.4) is 0 Å². The smallest absolute Gasteiger partial charge is 0.326 e. The third-order valence-electron chi connectivity index (χ3n) is 6.72. The van der Waals surface area contributed by atoms with Crippen molar-refractivity contribution >= 4 is 68.9 Å². The third kappa shape index (κ3) is 6.45. The molecule has 0 spiro atoms. The van der Waals surface area contributed by atoms with Crippen LogP contribution in [0, 0.1) is 0 Å². The second-order valence-corrected chi connectivity index (χ2v) is 17.0. The van der Waals surface area contributed by atoms with E-state index in [2.05, 4.69) is 95.2 Å². The van der Waals surface area contributed by atoms with Crippen molar-refractivity contribution < 1.29 is 9.53 Å². The number of fused-ring (bicyclic) bond motifs is 1. The molecule has 0 aliphatic rings. The minimum Gasteiger partial charge on any atom is -0.407 e. The Morgan fingerprint density at radius 2 is 1.62 bits per heavy atom. The number of thioether (sulfide) groups is 1. The summed E-state index contributed by atoms with van der Waals surface area (Å²) < 4.78 is 7.49. The van der Waals surface area contributed by atoms with E-state index in [4.69, 9.17) is 16.0 Å². The van der Waals surface area contributed by atoms with Crippen molar-refractivity contribution in [2.75, 3.05) is 12.4 Å². The van der Waals surface area contributed by atoms with E-state index in [0.717, 1.165) is 0 Å². The normalized spacial score (nSPS) is 13.1. The van der Waals surface area contributed by atoms with Gasteiger partial charge in [-0.15, -0.1) is 11.8 Å². The van der Waals surface area contributed by atoms with Gasteiger partial charge in [0.15, 0.2) is 0 Å². The highest BCUT2D eigenvalue weighted by atomic mass is 79.9. The molecular weight excluding hydrogens is 616 g/mol. The summed E-state index contributed by atoms with van der Waals surface area (Å²) in [5, 5.41) is 13.8. The summed E-state index contributed by atoms with van der Waals surface area (Å²) >= 11 is 11.1. The number of H-pyrrole nitrogens is 2. The van der Waals surface area contributed by atoms with E-state index in [0.29, 0.717) is 50.5 Å². The van der Waals surface area contributed by atoms with Gasteiger partial charge < -0.3 is 14.5 Å². The van der Waals surface area contributed by atoms with Crippen LogP contribution in [0.1, 0.15) is 33.6 Å². The van der Waals surface area contributed by atoms with Gasteiger partial charge in [0.05, 0.1) is 26.5 Å². The second kappa shape index (κ2) is 12.6. The summed E-state index contributed by atoms with van der Waals surface area (Å²) in [6.45, 7) is 7.25. The van der Waals surface area contributed by atoms with Gasteiger partial charge in [-0.1, -0.05) is 93.0 Å². The molecule has 3 N–H and O–H groups in total. The van der Waals surface area contributed by atoms with E-state index in [9.17, 15) is 14.7 Å². The van der Waals surface area contributed by atoms with Crippen LogP contribution in [-0.2, 0) is 4.43 Å². The summed E-state index contributed by atoms with van der Waals surface area (Å²) in [6.07, 6.45) is 0.603. The number of aliphatic hydroxyl groups is 1. The molecule has 206 valence electrons. The first-order chi connectivity index (χ1) is 18.5. The largest absolute Gasteiger partial charge is 0.407 e. The summed E-state index contributed by atoms with van der Waals surface area (Å²) in [5.41, 5.74) is -0.706. The highest BCUT2D eigenvalue weighted by Crippen LogP contribution is 2.39. The zero-order chi connectivity index (χ0) is 28.2. The predicted molar refractivity (Wildman–Crippen MR) is 167 cm³/mol. The molecule has 0 fully saturated rings.